The molecule has 5 fully saturated rings. The molecule has 3 saturated carbocycles. The summed E-state index contributed by atoms with van der Waals surface area (Å²) >= 11 is 14.1. The van der Waals surface area contributed by atoms with E-state index in [0.717, 1.165) is 14.2 Å². The number of fused-ring (bicyclic) bond motifs is 10. The van der Waals surface area contributed by atoms with E-state index in [1.54, 1.807) is 0 Å². The third-order valence-electron chi connectivity index (χ3n) is 9.22. The maximum Gasteiger partial charge on any atom is 0.356 e. The van der Waals surface area contributed by atoms with Gasteiger partial charge in [0, 0.05) is 52.1 Å². The number of hydrogen-bond acceptors (Lipinski definition) is 12. The van der Waals surface area contributed by atoms with E-state index in [0.29, 0.717) is 0 Å². The van der Waals surface area contributed by atoms with Crippen LogP contribution in [0.4, 0.5) is 0 Å². The highest BCUT2D eigenvalue weighted by Gasteiger charge is 2.97. The molecule has 2 aliphatic heterocycles. The van der Waals surface area contributed by atoms with Crippen molar-refractivity contribution in [2.45, 2.75) is 45.4 Å². The molecule has 5 rings (SSSR count). The van der Waals surface area contributed by atoms with Crippen LogP contribution in [0.25, 0.3) is 0 Å². The minimum absolute atomic E-state index is 0.0348. The number of methoxy groups -OCH3 is 6. The summed E-state index contributed by atoms with van der Waals surface area (Å²) in [5.41, 5.74) is -4.27. The van der Waals surface area contributed by atoms with Crippen LogP contribution in [0.5, 0.6) is 0 Å². The molecule has 0 spiro atoms. The molecule has 4 bridgehead atoms. The first kappa shape index (κ1) is 25.9. The second-order valence-corrected chi connectivity index (χ2v) is 10.8. The summed E-state index contributed by atoms with van der Waals surface area (Å²) in [6.45, 7) is 0. The number of carbonyl (C=O) groups excluding carboxylic acids is 4. The first-order valence-corrected chi connectivity index (χ1v) is 11.9. The molecule has 0 aromatic heterocycles. The van der Waals surface area contributed by atoms with E-state index in [-0.39, 0.29) is 12.8 Å². The number of hydrogen-bond donors (Lipinski definition) is 0. The smallest absolute Gasteiger partial charge is 0.356 e. The van der Waals surface area contributed by atoms with Gasteiger partial charge in [-0.1, -0.05) is 0 Å². The largest absolute Gasteiger partial charge is 0.466 e. The maximum absolute atomic E-state index is 13.4. The first-order chi connectivity index (χ1) is 16.9. The molecule has 2 heterocycles. The first-order valence-electron chi connectivity index (χ1n) is 11.1. The zero-order chi connectivity index (χ0) is 26.7. The lowest BCUT2D eigenvalue weighted by molar-refractivity contribution is -0.282. The van der Waals surface area contributed by atoms with Crippen molar-refractivity contribution in [2.75, 3.05) is 42.7 Å². The zero-order valence-corrected chi connectivity index (χ0v) is 21.9. The van der Waals surface area contributed by atoms with Crippen molar-refractivity contribution in [3.8, 4) is 0 Å². The standard InChI is InChI=1S/C22H26Cl2O12/c1-29-15(27)19-11-8-12-10(7-9(11)17(23,13(25)35-19)21(19,31-3)32-4)18(24)14(26)36-20(12,16(28)30-2)22(18,33-5)34-6/h9-12H,7-8H2,1-6H3/t9-,10+,11+,12-,17-,18+,19-,20+. The van der Waals surface area contributed by atoms with Crippen LogP contribution >= 0.6 is 23.2 Å². The fourth-order valence-electron chi connectivity index (χ4n) is 8.12. The van der Waals surface area contributed by atoms with Gasteiger partial charge in [-0.15, -0.1) is 23.2 Å². The number of alkyl halides is 2. The highest BCUT2D eigenvalue weighted by Crippen LogP contribution is 2.77. The van der Waals surface area contributed by atoms with Crippen LogP contribution in [0.15, 0.2) is 0 Å². The molecule has 2 saturated heterocycles. The van der Waals surface area contributed by atoms with Gasteiger partial charge in [-0.25, -0.2) is 19.2 Å². The number of ether oxygens (including phenoxy) is 8. The van der Waals surface area contributed by atoms with Crippen molar-refractivity contribution in [3.63, 3.8) is 0 Å². The van der Waals surface area contributed by atoms with Crippen LogP contribution in [0, 0.1) is 23.7 Å². The Balaban J connectivity index is 1.77. The topological polar surface area (TPSA) is 142 Å². The van der Waals surface area contributed by atoms with Gasteiger partial charge >= 0.3 is 23.9 Å². The second-order valence-electron chi connectivity index (χ2n) is 9.60. The van der Waals surface area contributed by atoms with E-state index in [4.69, 9.17) is 61.1 Å². The monoisotopic (exact) mass is 552 g/mol. The van der Waals surface area contributed by atoms with Crippen LogP contribution in [0.1, 0.15) is 12.8 Å². The van der Waals surface area contributed by atoms with E-state index >= 15 is 0 Å². The van der Waals surface area contributed by atoms with Gasteiger partial charge in [0.1, 0.15) is 0 Å². The Hall–Kier alpha value is -1.70. The van der Waals surface area contributed by atoms with Gasteiger partial charge in [0.25, 0.3) is 22.8 Å². The molecule has 0 N–H and O–H groups in total. The summed E-state index contributed by atoms with van der Waals surface area (Å²) in [6.07, 6.45) is -0.0983. The highest BCUT2D eigenvalue weighted by atomic mass is 35.5. The summed E-state index contributed by atoms with van der Waals surface area (Å²) in [4.78, 5) is 49.2. The van der Waals surface area contributed by atoms with Crippen LogP contribution in [0.2, 0.25) is 0 Å². The lowest BCUT2D eigenvalue weighted by Crippen LogP contribution is -2.65. The zero-order valence-electron chi connectivity index (χ0n) is 20.4. The predicted molar refractivity (Wildman–Crippen MR) is 116 cm³/mol. The Kier molecular flexibility index (Phi) is 5.36. The van der Waals surface area contributed by atoms with Crippen LogP contribution < -0.4 is 0 Å². The van der Waals surface area contributed by atoms with Crippen molar-refractivity contribution in [1.29, 1.82) is 0 Å². The van der Waals surface area contributed by atoms with Gasteiger partial charge in [0.2, 0.25) is 9.75 Å². The van der Waals surface area contributed by atoms with E-state index in [9.17, 15) is 19.2 Å². The summed E-state index contributed by atoms with van der Waals surface area (Å²) in [7, 11) is 7.17. The third kappa shape index (κ3) is 2.05. The lowest BCUT2D eigenvalue weighted by atomic mass is 9.61. The summed E-state index contributed by atoms with van der Waals surface area (Å²) in [5.74, 6) is -11.5. The van der Waals surface area contributed by atoms with E-state index in [1.165, 1.54) is 28.4 Å². The van der Waals surface area contributed by atoms with Crippen molar-refractivity contribution >= 4 is 47.1 Å². The predicted octanol–water partition coefficient (Wildman–Crippen LogP) is 0.143. The number of carbonyl (C=O) groups is 4. The second kappa shape index (κ2) is 7.45. The van der Waals surface area contributed by atoms with Crippen LogP contribution in [0.3, 0.4) is 0 Å². The summed E-state index contributed by atoms with van der Waals surface area (Å²) in [5, 5.41) is 0. The molecule has 36 heavy (non-hydrogen) atoms. The molecule has 0 amide bonds. The molecule has 12 nitrogen and oxygen atoms in total. The molecule has 5 aliphatic rings. The molecular weight excluding hydrogens is 527 g/mol. The van der Waals surface area contributed by atoms with Gasteiger partial charge in [-0.2, -0.15) is 0 Å². The minimum Gasteiger partial charge on any atom is -0.466 e. The molecule has 0 aromatic carbocycles. The lowest BCUT2D eigenvalue weighted by Gasteiger charge is -2.48. The van der Waals surface area contributed by atoms with E-state index in [2.05, 4.69) is 0 Å². The number of halogens is 2. The van der Waals surface area contributed by atoms with E-state index < -0.39 is 80.1 Å². The maximum atomic E-state index is 13.4. The van der Waals surface area contributed by atoms with Gasteiger partial charge in [0.05, 0.1) is 14.2 Å². The van der Waals surface area contributed by atoms with Gasteiger partial charge in [0.15, 0.2) is 0 Å². The molecular formula is C22H26Cl2O12. The van der Waals surface area contributed by atoms with Gasteiger partial charge in [-0.3, -0.25) is 0 Å². The quantitative estimate of drug-likeness (QED) is 0.191. The Morgan fingerprint density at radius 1 is 0.667 bits per heavy atom. The normalized spacial score (nSPS) is 46.6. The molecule has 0 aromatic rings. The number of esters is 4. The fraction of sp³-hybridized carbons (Fsp3) is 0.818. The van der Waals surface area contributed by atoms with Gasteiger partial charge < -0.3 is 37.9 Å². The van der Waals surface area contributed by atoms with Crippen molar-refractivity contribution < 1.29 is 57.1 Å². The van der Waals surface area contributed by atoms with Crippen molar-refractivity contribution in [1.82, 2.24) is 0 Å². The fourth-order valence-corrected chi connectivity index (χ4v) is 9.27. The SMILES string of the molecule is COC(=O)[C@@]12OC(=O)[C@@](Cl)([C@H]3C[C@@H]4[C@H](C[C@H]31)[C@]1(C(=O)OC)OC(=O)[C@@]4(Cl)C1(OC)OC)C2(OC)OC. The highest BCUT2D eigenvalue weighted by molar-refractivity contribution is 6.38. The summed E-state index contributed by atoms with van der Waals surface area (Å²) < 4.78 is 44.1. The third-order valence-corrected chi connectivity index (χ3v) is 10.6. The van der Waals surface area contributed by atoms with Crippen LogP contribution in [-0.4, -0.2) is 99.1 Å². The molecule has 14 heteroatoms. The molecule has 0 radical (unpaired) electrons. The number of rotatable bonds is 6. The molecule has 3 aliphatic carbocycles. The van der Waals surface area contributed by atoms with E-state index in [1.807, 2.05) is 0 Å². The van der Waals surface area contributed by atoms with Crippen molar-refractivity contribution in [2.24, 2.45) is 23.7 Å². The summed E-state index contributed by atoms with van der Waals surface area (Å²) in [6, 6.07) is 0. The van der Waals surface area contributed by atoms with Crippen molar-refractivity contribution in [3.05, 3.63) is 0 Å². The molecule has 200 valence electrons. The minimum atomic E-state index is -2.13. The Morgan fingerprint density at radius 3 is 1.25 bits per heavy atom. The Morgan fingerprint density at radius 2 is 0.972 bits per heavy atom. The molecule has 8 atom stereocenters. The van der Waals surface area contributed by atoms with Gasteiger partial charge in [-0.05, 0) is 12.8 Å². The average Bonchev–Trinajstić information content (AvgIpc) is 3.38. The molecule has 0 unspecified atom stereocenters. The Labute approximate surface area is 216 Å². The average molecular weight is 553 g/mol. The van der Waals surface area contributed by atoms with Crippen LogP contribution in [-0.2, 0) is 57.1 Å². The Bertz CT molecular complexity index is 978.